The zero-order chi connectivity index (χ0) is 13.5. The molecule has 0 spiro atoms. The van der Waals surface area contributed by atoms with Crippen molar-refractivity contribution in [3.05, 3.63) is 23.8 Å². The van der Waals surface area contributed by atoms with Gasteiger partial charge in [-0.2, -0.15) is 0 Å². The van der Waals surface area contributed by atoms with E-state index >= 15 is 0 Å². The molecule has 0 amide bonds. The molecule has 0 aliphatic carbocycles. The molecule has 1 N–H and O–H groups in total. The summed E-state index contributed by atoms with van der Waals surface area (Å²) in [5, 5.41) is 8.48. The Kier molecular flexibility index (Phi) is 5.17. The standard InChI is InChI=1S/C13H16O5/c1-9(14)11-6-5-10(8-12(11)17-2)18-7-3-4-13(15)16/h5-6,8H,3-4,7H2,1-2H3,(H,15,16). The first kappa shape index (κ1) is 14.0. The molecule has 98 valence electrons. The molecule has 1 aromatic rings. The maximum atomic E-state index is 11.3. The van der Waals surface area contributed by atoms with Crippen LogP contribution in [0.15, 0.2) is 18.2 Å². The van der Waals surface area contributed by atoms with Crippen molar-refractivity contribution in [3.8, 4) is 11.5 Å². The molecule has 0 heterocycles. The van der Waals surface area contributed by atoms with Crippen LogP contribution in [0.25, 0.3) is 0 Å². The number of carboxylic acids is 1. The Balaban J connectivity index is 2.62. The van der Waals surface area contributed by atoms with E-state index in [1.807, 2.05) is 0 Å². The number of rotatable bonds is 7. The molecular formula is C13H16O5. The van der Waals surface area contributed by atoms with Crippen molar-refractivity contribution in [3.63, 3.8) is 0 Å². The van der Waals surface area contributed by atoms with Gasteiger partial charge in [0.1, 0.15) is 11.5 Å². The fourth-order valence-corrected chi connectivity index (χ4v) is 1.47. The fraction of sp³-hybridized carbons (Fsp3) is 0.385. The van der Waals surface area contributed by atoms with Gasteiger partial charge in [-0.05, 0) is 25.5 Å². The van der Waals surface area contributed by atoms with Crippen molar-refractivity contribution < 1.29 is 24.2 Å². The van der Waals surface area contributed by atoms with Crippen molar-refractivity contribution in [1.29, 1.82) is 0 Å². The number of benzene rings is 1. The number of hydrogen-bond acceptors (Lipinski definition) is 4. The zero-order valence-electron chi connectivity index (χ0n) is 10.4. The van der Waals surface area contributed by atoms with Crippen LogP contribution in [0.2, 0.25) is 0 Å². The lowest BCUT2D eigenvalue weighted by atomic mass is 10.1. The fourth-order valence-electron chi connectivity index (χ4n) is 1.47. The Bertz CT molecular complexity index is 439. The molecule has 0 saturated carbocycles. The van der Waals surface area contributed by atoms with Crippen molar-refractivity contribution in [2.24, 2.45) is 0 Å². The first-order valence-corrected chi connectivity index (χ1v) is 5.58. The number of methoxy groups -OCH3 is 1. The van der Waals surface area contributed by atoms with Crippen molar-refractivity contribution >= 4 is 11.8 Å². The third-order valence-electron chi connectivity index (χ3n) is 2.36. The zero-order valence-corrected chi connectivity index (χ0v) is 10.4. The van der Waals surface area contributed by atoms with Crippen LogP contribution in [0.4, 0.5) is 0 Å². The number of ketones is 1. The van der Waals surface area contributed by atoms with Gasteiger partial charge in [0.25, 0.3) is 0 Å². The molecule has 0 unspecified atom stereocenters. The summed E-state index contributed by atoms with van der Waals surface area (Å²) < 4.78 is 10.5. The Morgan fingerprint density at radius 2 is 2.06 bits per heavy atom. The SMILES string of the molecule is COc1cc(OCCCC(=O)O)ccc1C(C)=O. The van der Waals surface area contributed by atoms with Crippen LogP contribution in [0.1, 0.15) is 30.1 Å². The monoisotopic (exact) mass is 252 g/mol. The quantitative estimate of drug-likeness (QED) is 0.594. The van der Waals surface area contributed by atoms with Gasteiger partial charge in [0.05, 0.1) is 19.3 Å². The highest BCUT2D eigenvalue weighted by molar-refractivity contribution is 5.97. The molecule has 0 radical (unpaired) electrons. The summed E-state index contributed by atoms with van der Waals surface area (Å²) in [6.45, 7) is 1.78. The summed E-state index contributed by atoms with van der Waals surface area (Å²) in [5.74, 6) is 0.0906. The normalized spacial score (nSPS) is 9.89. The lowest BCUT2D eigenvalue weighted by molar-refractivity contribution is -0.137. The molecular weight excluding hydrogens is 236 g/mol. The third kappa shape index (κ3) is 4.08. The van der Waals surface area contributed by atoms with Crippen LogP contribution in [0.3, 0.4) is 0 Å². The van der Waals surface area contributed by atoms with Crippen molar-refractivity contribution in [1.82, 2.24) is 0 Å². The summed E-state index contributed by atoms with van der Waals surface area (Å²) in [6, 6.07) is 4.92. The van der Waals surface area contributed by atoms with Crippen LogP contribution in [-0.4, -0.2) is 30.6 Å². The second-order valence-electron chi connectivity index (χ2n) is 3.76. The second-order valence-corrected chi connectivity index (χ2v) is 3.76. The molecule has 1 aromatic carbocycles. The van der Waals surface area contributed by atoms with E-state index in [0.29, 0.717) is 30.1 Å². The minimum atomic E-state index is -0.844. The summed E-state index contributed by atoms with van der Waals surface area (Å²) >= 11 is 0. The molecule has 1 rings (SSSR count). The number of ether oxygens (including phenoxy) is 2. The van der Waals surface area contributed by atoms with Crippen molar-refractivity contribution in [2.45, 2.75) is 19.8 Å². The maximum absolute atomic E-state index is 11.3. The van der Waals surface area contributed by atoms with E-state index in [9.17, 15) is 9.59 Å². The van der Waals surface area contributed by atoms with E-state index in [4.69, 9.17) is 14.6 Å². The lowest BCUT2D eigenvalue weighted by Crippen LogP contribution is -2.03. The highest BCUT2D eigenvalue weighted by Gasteiger charge is 2.09. The predicted molar refractivity (Wildman–Crippen MR) is 65.4 cm³/mol. The predicted octanol–water partition coefficient (Wildman–Crippen LogP) is 2.14. The molecule has 0 bridgehead atoms. The van der Waals surface area contributed by atoms with E-state index in [-0.39, 0.29) is 12.2 Å². The lowest BCUT2D eigenvalue weighted by Gasteiger charge is -2.09. The number of carboxylic acid groups (broad SMARTS) is 1. The molecule has 0 saturated heterocycles. The van der Waals surface area contributed by atoms with Crippen molar-refractivity contribution in [2.75, 3.05) is 13.7 Å². The van der Waals surface area contributed by atoms with Crippen LogP contribution in [-0.2, 0) is 4.79 Å². The van der Waals surface area contributed by atoms with Crippen LogP contribution in [0, 0.1) is 0 Å². The highest BCUT2D eigenvalue weighted by Crippen LogP contribution is 2.25. The third-order valence-corrected chi connectivity index (χ3v) is 2.36. The maximum Gasteiger partial charge on any atom is 0.303 e. The van der Waals surface area contributed by atoms with Gasteiger partial charge in [-0.1, -0.05) is 0 Å². The smallest absolute Gasteiger partial charge is 0.303 e. The summed E-state index contributed by atoms with van der Waals surface area (Å²) in [6.07, 6.45) is 0.509. The first-order chi connectivity index (χ1) is 8.54. The number of hydrogen-bond donors (Lipinski definition) is 1. The van der Waals surface area contributed by atoms with E-state index in [1.54, 1.807) is 18.2 Å². The molecule has 0 aromatic heterocycles. The topological polar surface area (TPSA) is 72.8 Å². The van der Waals surface area contributed by atoms with Gasteiger partial charge in [0.15, 0.2) is 5.78 Å². The Morgan fingerprint density at radius 1 is 1.33 bits per heavy atom. The average molecular weight is 252 g/mol. The van der Waals surface area contributed by atoms with Gasteiger partial charge in [-0.25, -0.2) is 0 Å². The van der Waals surface area contributed by atoms with E-state index in [2.05, 4.69) is 0 Å². The van der Waals surface area contributed by atoms with E-state index in [0.717, 1.165) is 0 Å². The number of carbonyl (C=O) groups is 2. The Labute approximate surface area is 105 Å². The van der Waals surface area contributed by atoms with Crippen LogP contribution < -0.4 is 9.47 Å². The summed E-state index contributed by atoms with van der Waals surface area (Å²) in [4.78, 5) is 21.6. The molecule has 0 fully saturated rings. The molecule has 5 nitrogen and oxygen atoms in total. The van der Waals surface area contributed by atoms with Gasteiger partial charge in [0.2, 0.25) is 0 Å². The minimum absolute atomic E-state index is 0.0721. The van der Waals surface area contributed by atoms with Crippen LogP contribution >= 0.6 is 0 Å². The van der Waals surface area contributed by atoms with Gasteiger partial charge in [-0.3, -0.25) is 9.59 Å². The van der Waals surface area contributed by atoms with Gasteiger partial charge in [-0.15, -0.1) is 0 Å². The Hall–Kier alpha value is -2.04. The molecule has 0 atom stereocenters. The second kappa shape index (κ2) is 6.64. The van der Waals surface area contributed by atoms with Gasteiger partial charge in [0, 0.05) is 12.5 Å². The van der Waals surface area contributed by atoms with E-state index in [1.165, 1.54) is 14.0 Å². The van der Waals surface area contributed by atoms with Gasteiger partial charge < -0.3 is 14.6 Å². The number of Topliss-reactive ketones (excluding diaryl/α,β-unsaturated/α-hetero) is 1. The Morgan fingerprint density at radius 3 is 2.61 bits per heavy atom. The first-order valence-electron chi connectivity index (χ1n) is 5.58. The number of carbonyl (C=O) groups excluding carboxylic acids is 1. The van der Waals surface area contributed by atoms with Gasteiger partial charge >= 0.3 is 5.97 Å². The highest BCUT2D eigenvalue weighted by atomic mass is 16.5. The van der Waals surface area contributed by atoms with E-state index < -0.39 is 5.97 Å². The summed E-state index contributed by atoms with van der Waals surface area (Å²) in [5.41, 5.74) is 0.496. The molecule has 0 aliphatic heterocycles. The minimum Gasteiger partial charge on any atom is -0.496 e. The molecule has 18 heavy (non-hydrogen) atoms. The molecule has 5 heteroatoms. The summed E-state index contributed by atoms with van der Waals surface area (Å²) in [7, 11) is 1.48. The van der Waals surface area contributed by atoms with Crippen LogP contribution in [0.5, 0.6) is 11.5 Å². The molecule has 0 aliphatic rings. The number of aliphatic carboxylic acids is 1. The average Bonchev–Trinajstić information content (AvgIpc) is 2.33. The largest absolute Gasteiger partial charge is 0.496 e.